The monoisotopic (exact) mass is 465 g/mol. The van der Waals surface area contributed by atoms with Crippen molar-refractivity contribution in [2.45, 2.75) is 6.92 Å². The maximum Gasteiger partial charge on any atom is 0.305 e. The van der Waals surface area contributed by atoms with E-state index in [-0.39, 0.29) is 24.0 Å². The topological polar surface area (TPSA) is 109 Å². The molecule has 0 saturated heterocycles. The maximum absolute atomic E-state index is 12.9. The third kappa shape index (κ3) is 5.36. The van der Waals surface area contributed by atoms with Gasteiger partial charge in [0.2, 0.25) is 6.79 Å². The number of hydrogen-bond donors (Lipinski definition) is 1. The molecule has 0 aliphatic rings. The second-order valence-electron chi connectivity index (χ2n) is 6.61. The fourth-order valence-corrected chi connectivity index (χ4v) is 3.76. The molecule has 2 aromatic heterocycles. The van der Waals surface area contributed by atoms with Crippen molar-refractivity contribution in [1.82, 2.24) is 9.97 Å². The number of nitrogens with zero attached hydrogens (tertiary/aromatic N) is 2. The van der Waals surface area contributed by atoms with Gasteiger partial charge in [-0.15, -0.1) is 0 Å². The molecule has 2 aromatic carbocycles. The molecular weight excluding hydrogens is 446 g/mol. The summed E-state index contributed by atoms with van der Waals surface area (Å²) in [5.74, 6) is 0.638. The number of pyridine rings is 1. The Balaban J connectivity index is 1.53. The van der Waals surface area contributed by atoms with Crippen LogP contribution < -0.4 is 19.5 Å². The Hall–Kier alpha value is -4.18. The van der Waals surface area contributed by atoms with Gasteiger partial charge in [-0.1, -0.05) is 29.5 Å². The standard InChI is InChI=1S/C23H19N3O6S/c1-14(27)30-13-31-21-18(29-2)10-11-24-20(21)22(28)26-23-25-17-9-8-16(12-19(17)33-23)32-15-6-4-3-5-7-15/h3-12H,13H2,1-2H3,(H,25,26,28). The molecule has 2 heterocycles. The maximum atomic E-state index is 12.9. The number of rotatable bonds is 8. The lowest BCUT2D eigenvalue weighted by atomic mass is 10.3. The van der Waals surface area contributed by atoms with Gasteiger partial charge in [-0.25, -0.2) is 9.97 Å². The predicted octanol–water partition coefficient (Wildman–Crippen LogP) is 4.64. The Kier molecular flexibility index (Phi) is 6.65. The van der Waals surface area contributed by atoms with Crippen molar-refractivity contribution in [3.8, 4) is 23.0 Å². The minimum Gasteiger partial charge on any atom is -0.493 e. The van der Waals surface area contributed by atoms with Crippen LogP contribution >= 0.6 is 11.3 Å². The summed E-state index contributed by atoms with van der Waals surface area (Å²) >= 11 is 1.29. The van der Waals surface area contributed by atoms with Gasteiger partial charge in [0, 0.05) is 25.3 Å². The van der Waals surface area contributed by atoms with Crippen LogP contribution in [0.1, 0.15) is 17.4 Å². The first-order chi connectivity index (χ1) is 16.0. The van der Waals surface area contributed by atoms with E-state index >= 15 is 0 Å². The third-order valence-electron chi connectivity index (χ3n) is 4.33. The second-order valence-corrected chi connectivity index (χ2v) is 7.64. The van der Waals surface area contributed by atoms with Gasteiger partial charge >= 0.3 is 5.97 Å². The van der Waals surface area contributed by atoms with Gasteiger partial charge in [-0.05, 0) is 24.3 Å². The summed E-state index contributed by atoms with van der Waals surface area (Å²) in [5, 5.41) is 3.11. The minimum atomic E-state index is -0.549. The van der Waals surface area contributed by atoms with Crippen LogP contribution in [0.2, 0.25) is 0 Å². The lowest BCUT2D eigenvalue weighted by Gasteiger charge is -2.13. The molecule has 1 N–H and O–H groups in total. The highest BCUT2D eigenvalue weighted by Gasteiger charge is 2.21. The van der Waals surface area contributed by atoms with Crippen molar-refractivity contribution in [1.29, 1.82) is 0 Å². The Bertz CT molecular complexity index is 1290. The molecule has 0 aliphatic carbocycles. The number of ether oxygens (including phenoxy) is 4. The van der Waals surface area contributed by atoms with Crippen LogP contribution in [-0.2, 0) is 9.53 Å². The van der Waals surface area contributed by atoms with Gasteiger partial charge in [0.05, 0.1) is 17.3 Å². The van der Waals surface area contributed by atoms with Gasteiger partial charge in [0.1, 0.15) is 11.5 Å². The molecule has 0 fully saturated rings. The van der Waals surface area contributed by atoms with Crippen LogP contribution in [0.3, 0.4) is 0 Å². The fourth-order valence-electron chi connectivity index (χ4n) is 2.87. The van der Waals surface area contributed by atoms with Crippen LogP contribution in [0.15, 0.2) is 60.8 Å². The number of thiazole rings is 1. The molecular formula is C23H19N3O6S. The van der Waals surface area contributed by atoms with E-state index in [1.165, 1.54) is 37.6 Å². The van der Waals surface area contributed by atoms with Gasteiger partial charge in [-0.3, -0.25) is 14.9 Å². The van der Waals surface area contributed by atoms with E-state index in [0.29, 0.717) is 16.4 Å². The molecule has 4 aromatic rings. The van der Waals surface area contributed by atoms with Crippen molar-refractivity contribution in [3.63, 3.8) is 0 Å². The van der Waals surface area contributed by atoms with Gasteiger partial charge in [-0.2, -0.15) is 0 Å². The van der Waals surface area contributed by atoms with Crippen LogP contribution in [0.25, 0.3) is 10.2 Å². The highest BCUT2D eigenvalue weighted by molar-refractivity contribution is 7.22. The number of esters is 1. The number of amides is 1. The number of hydrogen-bond acceptors (Lipinski definition) is 9. The normalized spacial score (nSPS) is 10.5. The summed E-state index contributed by atoms with van der Waals surface area (Å²) in [7, 11) is 1.43. The molecule has 168 valence electrons. The molecule has 0 aliphatic heterocycles. The summed E-state index contributed by atoms with van der Waals surface area (Å²) in [6, 6.07) is 16.4. The number of para-hydroxylation sites is 1. The molecule has 0 radical (unpaired) electrons. The zero-order chi connectivity index (χ0) is 23.2. The Morgan fingerprint density at radius 2 is 1.88 bits per heavy atom. The van der Waals surface area contributed by atoms with Crippen molar-refractivity contribution in [2.24, 2.45) is 0 Å². The highest BCUT2D eigenvalue weighted by atomic mass is 32.1. The van der Waals surface area contributed by atoms with E-state index in [0.717, 1.165) is 10.4 Å². The molecule has 0 atom stereocenters. The molecule has 33 heavy (non-hydrogen) atoms. The Labute approximate surface area is 192 Å². The molecule has 4 rings (SSSR count). The number of methoxy groups -OCH3 is 1. The second kappa shape index (κ2) is 9.96. The van der Waals surface area contributed by atoms with Crippen LogP contribution in [0.4, 0.5) is 5.13 Å². The number of carbonyl (C=O) groups is 2. The quantitative estimate of drug-likeness (QED) is 0.296. The molecule has 0 spiro atoms. The zero-order valence-electron chi connectivity index (χ0n) is 17.7. The van der Waals surface area contributed by atoms with Crippen molar-refractivity contribution >= 4 is 38.6 Å². The number of carbonyl (C=O) groups excluding carboxylic acids is 2. The fraction of sp³-hybridized carbons (Fsp3) is 0.130. The van der Waals surface area contributed by atoms with Gasteiger partial charge < -0.3 is 18.9 Å². The molecule has 0 bridgehead atoms. The Morgan fingerprint density at radius 3 is 2.64 bits per heavy atom. The Morgan fingerprint density at radius 1 is 1.06 bits per heavy atom. The number of aromatic nitrogens is 2. The van der Waals surface area contributed by atoms with Crippen LogP contribution in [0, 0.1) is 0 Å². The number of fused-ring (bicyclic) bond motifs is 1. The molecule has 10 heteroatoms. The molecule has 0 saturated carbocycles. The summed E-state index contributed by atoms with van der Waals surface area (Å²) in [6.45, 7) is 0.865. The first-order valence-corrected chi connectivity index (χ1v) is 10.6. The third-order valence-corrected chi connectivity index (χ3v) is 5.26. The predicted molar refractivity (Wildman–Crippen MR) is 122 cm³/mol. The van der Waals surface area contributed by atoms with E-state index in [9.17, 15) is 9.59 Å². The highest BCUT2D eigenvalue weighted by Crippen LogP contribution is 2.33. The summed E-state index contributed by atoms with van der Waals surface area (Å²) in [5.41, 5.74) is 0.675. The largest absolute Gasteiger partial charge is 0.493 e. The summed E-state index contributed by atoms with van der Waals surface area (Å²) < 4.78 is 22.2. The van der Waals surface area contributed by atoms with Crippen molar-refractivity contribution in [2.75, 3.05) is 19.2 Å². The van der Waals surface area contributed by atoms with Crippen LogP contribution in [0.5, 0.6) is 23.0 Å². The first kappa shape index (κ1) is 22.0. The van der Waals surface area contributed by atoms with Crippen molar-refractivity contribution < 1.29 is 28.5 Å². The van der Waals surface area contributed by atoms with E-state index in [2.05, 4.69) is 15.3 Å². The van der Waals surface area contributed by atoms with E-state index in [1.807, 2.05) is 48.5 Å². The summed E-state index contributed by atoms with van der Waals surface area (Å²) in [6.07, 6.45) is 1.41. The summed E-state index contributed by atoms with van der Waals surface area (Å²) in [4.78, 5) is 32.5. The molecule has 0 unspecified atom stereocenters. The molecule has 1 amide bonds. The smallest absolute Gasteiger partial charge is 0.305 e. The van der Waals surface area contributed by atoms with E-state index in [1.54, 1.807) is 0 Å². The zero-order valence-corrected chi connectivity index (χ0v) is 18.5. The van der Waals surface area contributed by atoms with Gasteiger partial charge in [0.15, 0.2) is 22.3 Å². The van der Waals surface area contributed by atoms with E-state index < -0.39 is 11.9 Å². The van der Waals surface area contributed by atoms with E-state index in [4.69, 9.17) is 18.9 Å². The number of anilines is 1. The number of benzene rings is 2. The van der Waals surface area contributed by atoms with Crippen LogP contribution in [-0.4, -0.2) is 35.7 Å². The number of nitrogens with one attached hydrogen (secondary N) is 1. The average molecular weight is 465 g/mol. The minimum absolute atomic E-state index is 0.0335. The molecule has 9 nitrogen and oxygen atoms in total. The van der Waals surface area contributed by atoms with Gasteiger partial charge in [0.25, 0.3) is 5.91 Å². The average Bonchev–Trinajstić information content (AvgIpc) is 3.21. The SMILES string of the molecule is COc1ccnc(C(=O)Nc2nc3ccc(Oc4ccccc4)cc3s2)c1OCOC(C)=O. The lowest BCUT2D eigenvalue weighted by molar-refractivity contribution is -0.147. The first-order valence-electron chi connectivity index (χ1n) is 9.77. The lowest BCUT2D eigenvalue weighted by Crippen LogP contribution is -2.17. The van der Waals surface area contributed by atoms with Crippen molar-refractivity contribution in [3.05, 3.63) is 66.5 Å².